The average Bonchev–Trinajstić information content (AvgIpc) is 3.30. The molecule has 0 bridgehead atoms. The Morgan fingerprint density at radius 2 is 1.84 bits per heavy atom. The number of hydrogen-bond donors (Lipinski definition) is 1. The van der Waals surface area contributed by atoms with Crippen molar-refractivity contribution in [3.05, 3.63) is 84.7 Å². The van der Waals surface area contributed by atoms with Crippen LogP contribution < -0.4 is 10.1 Å². The molecule has 0 aliphatic rings. The van der Waals surface area contributed by atoms with Crippen molar-refractivity contribution in [1.82, 2.24) is 24.7 Å². The summed E-state index contributed by atoms with van der Waals surface area (Å²) in [6.07, 6.45) is 1.01. The molecule has 0 aliphatic carbocycles. The van der Waals surface area contributed by atoms with Crippen molar-refractivity contribution in [1.29, 1.82) is 0 Å². The third-order valence-corrected chi connectivity index (χ3v) is 4.02. The Labute approximate surface area is 173 Å². The molecule has 0 saturated heterocycles. The van der Waals surface area contributed by atoms with Crippen LogP contribution in [0.2, 0.25) is 0 Å². The Morgan fingerprint density at radius 3 is 2.48 bits per heavy atom. The van der Waals surface area contributed by atoms with Crippen LogP contribution in [0.4, 0.5) is 18.9 Å². The molecule has 4 rings (SSSR count). The van der Waals surface area contributed by atoms with Crippen molar-refractivity contribution in [3.63, 3.8) is 0 Å². The fourth-order valence-electron chi connectivity index (χ4n) is 2.54. The number of hydrogen-bond acceptors (Lipinski definition) is 6. The van der Waals surface area contributed by atoms with Crippen LogP contribution in [0, 0.1) is 0 Å². The summed E-state index contributed by atoms with van der Waals surface area (Å²) in [6, 6.07) is 11.6. The van der Waals surface area contributed by atoms with Gasteiger partial charge in [-0.05, 0) is 42.5 Å². The fourth-order valence-corrected chi connectivity index (χ4v) is 2.54. The van der Waals surface area contributed by atoms with Gasteiger partial charge in [0.05, 0.1) is 5.56 Å². The molecule has 0 spiro atoms. The SMILES string of the molecule is O=C(Nc1ccc(Oc2cc(-n3cccn3)ncn2)cc1)c1ccc(C(F)(F)F)nc1. The largest absolute Gasteiger partial charge is 0.439 e. The Bertz CT molecular complexity index is 1180. The van der Waals surface area contributed by atoms with E-state index in [1.165, 1.54) is 6.33 Å². The number of carbonyl (C=O) groups is 1. The van der Waals surface area contributed by atoms with Crippen molar-refractivity contribution in [2.24, 2.45) is 0 Å². The van der Waals surface area contributed by atoms with Gasteiger partial charge in [0.1, 0.15) is 17.8 Å². The van der Waals surface area contributed by atoms with Gasteiger partial charge in [0.2, 0.25) is 5.88 Å². The number of benzene rings is 1. The number of rotatable bonds is 5. The summed E-state index contributed by atoms with van der Waals surface area (Å²) >= 11 is 0. The number of ether oxygens (including phenoxy) is 1. The van der Waals surface area contributed by atoms with Crippen LogP contribution in [0.15, 0.2) is 73.4 Å². The molecule has 1 N–H and O–H groups in total. The number of pyridine rings is 1. The van der Waals surface area contributed by atoms with Gasteiger partial charge in [0.25, 0.3) is 5.91 Å². The van der Waals surface area contributed by atoms with Gasteiger partial charge >= 0.3 is 6.18 Å². The minimum atomic E-state index is -4.56. The highest BCUT2D eigenvalue weighted by Crippen LogP contribution is 2.27. The Kier molecular flexibility index (Phi) is 5.31. The van der Waals surface area contributed by atoms with Crippen LogP contribution in [-0.4, -0.2) is 30.6 Å². The van der Waals surface area contributed by atoms with E-state index in [0.29, 0.717) is 23.1 Å². The lowest BCUT2D eigenvalue weighted by atomic mass is 10.2. The summed E-state index contributed by atoms with van der Waals surface area (Å²) < 4.78 is 44.9. The lowest BCUT2D eigenvalue weighted by molar-refractivity contribution is -0.141. The zero-order valence-electron chi connectivity index (χ0n) is 15.6. The first-order valence-electron chi connectivity index (χ1n) is 8.83. The molecule has 31 heavy (non-hydrogen) atoms. The zero-order chi connectivity index (χ0) is 21.8. The van der Waals surface area contributed by atoms with Gasteiger partial charge < -0.3 is 10.1 Å². The Balaban J connectivity index is 1.40. The highest BCUT2D eigenvalue weighted by Gasteiger charge is 2.32. The maximum Gasteiger partial charge on any atom is 0.433 e. The van der Waals surface area contributed by atoms with E-state index in [-0.39, 0.29) is 5.56 Å². The summed E-state index contributed by atoms with van der Waals surface area (Å²) in [5.74, 6) is 0.700. The standard InChI is InChI=1S/C20H13F3N6O2/c21-20(22,23)16-7-2-13(11-24-16)19(30)28-14-3-5-15(6-4-14)31-18-10-17(25-12-26-18)29-9-1-8-27-29/h1-12H,(H,28,30). The summed E-state index contributed by atoms with van der Waals surface area (Å²) in [6.45, 7) is 0. The van der Waals surface area contributed by atoms with Crippen molar-refractivity contribution in [3.8, 4) is 17.4 Å². The number of amides is 1. The normalized spacial score (nSPS) is 11.2. The summed E-state index contributed by atoms with van der Waals surface area (Å²) in [5.41, 5.74) is -0.636. The van der Waals surface area contributed by atoms with Gasteiger partial charge in [-0.3, -0.25) is 9.78 Å². The van der Waals surface area contributed by atoms with Crippen LogP contribution in [0.1, 0.15) is 16.1 Å². The number of nitrogens with zero attached hydrogens (tertiary/aromatic N) is 5. The molecular formula is C20H13F3N6O2. The molecule has 3 aromatic heterocycles. The molecule has 1 aromatic carbocycles. The smallest absolute Gasteiger partial charge is 0.433 e. The van der Waals surface area contributed by atoms with Gasteiger partial charge in [-0.15, -0.1) is 0 Å². The van der Waals surface area contributed by atoms with Gasteiger partial charge in [0, 0.05) is 30.3 Å². The summed E-state index contributed by atoms with van der Waals surface area (Å²) in [7, 11) is 0. The maximum atomic E-state index is 12.6. The molecule has 1 amide bonds. The van der Waals surface area contributed by atoms with Gasteiger partial charge in [-0.25, -0.2) is 14.6 Å². The predicted molar refractivity (Wildman–Crippen MR) is 103 cm³/mol. The van der Waals surface area contributed by atoms with E-state index in [4.69, 9.17) is 4.74 Å². The van der Waals surface area contributed by atoms with Crippen LogP contribution in [0.25, 0.3) is 5.82 Å². The van der Waals surface area contributed by atoms with Gasteiger partial charge in [0.15, 0.2) is 5.82 Å². The van der Waals surface area contributed by atoms with Crippen LogP contribution >= 0.6 is 0 Å². The molecule has 11 heteroatoms. The van der Waals surface area contributed by atoms with Crippen molar-refractivity contribution in [2.75, 3.05) is 5.32 Å². The molecule has 3 heterocycles. The number of alkyl halides is 3. The zero-order valence-corrected chi connectivity index (χ0v) is 15.6. The number of anilines is 1. The van der Waals surface area contributed by atoms with E-state index < -0.39 is 17.8 Å². The first-order chi connectivity index (χ1) is 14.9. The monoisotopic (exact) mass is 426 g/mol. The van der Waals surface area contributed by atoms with E-state index in [1.54, 1.807) is 53.5 Å². The lowest BCUT2D eigenvalue weighted by Crippen LogP contribution is -2.14. The molecule has 0 unspecified atom stereocenters. The Morgan fingerprint density at radius 1 is 1.03 bits per heavy atom. The third-order valence-electron chi connectivity index (χ3n) is 4.02. The number of carbonyl (C=O) groups excluding carboxylic acids is 1. The van der Waals surface area contributed by atoms with Crippen molar-refractivity contribution >= 4 is 11.6 Å². The minimum absolute atomic E-state index is 0.000429. The second-order valence-electron chi connectivity index (χ2n) is 6.18. The van der Waals surface area contributed by atoms with Gasteiger partial charge in [-0.1, -0.05) is 0 Å². The lowest BCUT2D eigenvalue weighted by Gasteiger charge is -2.09. The van der Waals surface area contributed by atoms with Gasteiger partial charge in [-0.2, -0.15) is 18.3 Å². The molecule has 156 valence electrons. The van der Waals surface area contributed by atoms with Crippen LogP contribution in [0.3, 0.4) is 0 Å². The highest BCUT2D eigenvalue weighted by molar-refractivity contribution is 6.04. The predicted octanol–water partition coefficient (Wildman–Crippen LogP) is 4.12. The molecule has 0 atom stereocenters. The average molecular weight is 426 g/mol. The molecule has 0 saturated carbocycles. The highest BCUT2D eigenvalue weighted by atomic mass is 19.4. The van der Waals surface area contributed by atoms with E-state index in [1.807, 2.05) is 0 Å². The van der Waals surface area contributed by atoms with Crippen LogP contribution in [-0.2, 0) is 6.18 Å². The Hall–Kier alpha value is -4.28. The molecule has 8 nitrogen and oxygen atoms in total. The second-order valence-corrected chi connectivity index (χ2v) is 6.18. The van der Waals surface area contributed by atoms with Crippen molar-refractivity contribution < 1.29 is 22.7 Å². The van der Waals surface area contributed by atoms with E-state index in [2.05, 4.69) is 25.4 Å². The maximum absolute atomic E-state index is 12.6. The van der Waals surface area contributed by atoms with Crippen LogP contribution in [0.5, 0.6) is 11.6 Å². The molecule has 4 aromatic rings. The first kappa shape index (κ1) is 20.0. The second kappa shape index (κ2) is 8.22. The quantitative estimate of drug-likeness (QED) is 0.516. The fraction of sp³-hybridized carbons (Fsp3) is 0.0500. The number of aromatic nitrogens is 5. The van der Waals surface area contributed by atoms with E-state index in [0.717, 1.165) is 18.3 Å². The van der Waals surface area contributed by atoms with Crippen molar-refractivity contribution in [2.45, 2.75) is 6.18 Å². The molecular weight excluding hydrogens is 413 g/mol. The molecule has 0 radical (unpaired) electrons. The molecule has 0 fully saturated rings. The van der Waals surface area contributed by atoms with E-state index in [9.17, 15) is 18.0 Å². The summed E-state index contributed by atoms with van der Waals surface area (Å²) in [4.78, 5) is 23.6. The van der Waals surface area contributed by atoms with E-state index >= 15 is 0 Å². The molecule has 0 aliphatic heterocycles. The summed E-state index contributed by atoms with van der Waals surface area (Å²) in [5, 5.41) is 6.67. The topological polar surface area (TPSA) is 94.8 Å². The first-order valence-corrected chi connectivity index (χ1v) is 8.83. The number of halogens is 3. The third kappa shape index (κ3) is 4.83. The number of nitrogens with one attached hydrogen (secondary N) is 1. The minimum Gasteiger partial charge on any atom is -0.439 e.